The van der Waals surface area contributed by atoms with Crippen LogP contribution in [0.25, 0.3) is 0 Å². The molecule has 64 valence electrons. The highest BCUT2D eigenvalue weighted by atomic mass is 16.5. The SMILES string of the molecule is Nc1ccc(NC2COC2)cc1. The molecule has 1 aromatic carbocycles. The average Bonchev–Trinajstić information content (AvgIpc) is 2.00. The standard InChI is InChI=1S/C9H12N2O/c10-7-1-3-8(4-2-7)11-9-5-12-6-9/h1-4,9,11H,5-6,10H2. The summed E-state index contributed by atoms with van der Waals surface area (Å²) in [6, 6.07) is 8.22. The van der Waals surface area contributed by atoms with Crippen molar-refractivity contribution in [1.29, 1.82) is 0 Å². The van der Waals surface area contributed by atoms with Crippen molar-refractivity contribution in [2.75, 3.05) is 24.3 Å². The highest BCUT2D eigenvalue weighted by Gasteiger charge is 2.17. The number of hydrogen-bond donors (Lipinski definition) is 2. The van der Waals surface area contributed by atoms with Gasteiger partial charge in [0.25, 0.3) is 0 Å². The first-order valence-electron chi connectivity index (χ1n) is 4.04. The highest BCUT2D eigenvalue weighted by molar-refractivity contribution is 5.51. The van der Waals surface area contributed by atoms with Crippen LogP contribution in [0.5, 0.6) is 0 Å². The van der Waals surface area contributed by atoms with Gasteiger partial charge in [-0.2, -0.15) is 0 Å². The Kier molecular flexibility index (Phi) is 1.87. The maximum Gasteiger partial charge on any atom is 0.0728 e. The number of nitrogens with one attached hydrogen (secondary N) is 1. The maximum atomic E-state index is 5.55. The third kappa shape index (κ3) is 1.51. The van der Waals surface area contributed by atoms with Crippen LogP contribution in [-0.4, -0.2) is 19.3 Å². The van der Waals surface area contributed by atoms with Gasteiger partial charge in [-0.05, 0) is 24.3 Å². The first-order chi connectivity index (χ1) is 5.84. The lowest BCUT2D eigenvalue weighted by Gasteiger charge is -2.27. The van der Waals surface area contributed by atoms with E-state index >= 15 is 0 Å². The summed E-state index contributed by atoms with van der Waals surface area (Å²) >= 11 is 0. The van der Waals surface area contributed by atoms with Gasteiger partial charge in [0.2, 0.25) is 0 Å². The van der Waals surface area contributed by atoms with Crippen LogP contribution >= 0.6 is 0 Å². The minimum absolute atomic E-state index is 0.480. The molecule has 1 saturated heterocycles. The van der Waals surface area contributed by atoms with Gasteiger partial charge < -0.3 is 15.8 Å². The summed E-state index contributed by atoms with van der Waals surface area (Å²) in [6.45, 7) is 1.62. The van der Waals surface area contributed by atoms with E-state index in [4.69, 9.17) is 10.5 Å². The van der Waals surface area contributed by atoms with E-state index < -0.39 is 0 Å². The number of benzene rings is 1. The van der Waals surface area contributed by atoms with Gasteiger partial charge >= 0.3 is 0 Å². The number of anilines is 2. The second-order valence-corrected chi connectivity index (χ2v) is 3.00. The van der Waals surface area contributed by atoms with Crippen molar-refractivity contribution in [3.63, 3.8) is 0 Å². The van der Waals surface area contributed by atoms with Crippen molar-refractivity contribution in [2.45, 2.75) is 6.04 Å². The lowest BCUT2D eigenvalue weighted by molar-refractivity contribution is 0.0211. The summed E-state index contributed by atoms with van der Waals surface area (Å²) in [5.41, 5.74) is 7.46. The topological polar surface area (TPSA) is 47.3 Å². The van der Waals surface area contributed by atoms with Crippen LogP contribution in [0, 0.1) is 0 Å². The van der Waals surface area contributed by atoms with Crippen molar-refractivity contribution in [3.05, 3.63) is 24.3 Å². The second-order valence-electron chi connectivity index (χ2n) is 3.00. The van der Waals surface area contributed by atoms with E-state index in [-0.39, 0.29) is 0 Å². The molecular formula is C9H12N2O. The Balaban J connectivity index is 1.98. The van der Waals surface area contributed by atoms with Crippen molar-refractivity contribution in [1.82, 2.24) is 0 Å². The second kappa shape index (κ2) is 3.03. The minimum atomic E-state index is 0.480. The fraction of sp³-hybridized carbons (Fsp3) is 0.333. The van der Waals surface area contributed by atoms with Crippen molar-refractivity contribution >= 4 is 11.4 Å². The van der Waals surface area contributed by atoms with E-state index in [0.717, 1.165) is 24.6 Å². The summed E-state index contributed by atoms with van der Waals surface area (Å²) in [5.74, 6) is 0. The number of nitrogen functional groups attached to an aromatic ring is 1. The first kappa shape index (κ1) is 7.43. The van der Waals surface area contributed by atoms with Crippen molar-refractivity contribution in [2.24, 2.45) is 0 Å². The van der Waals surface area contributed by atoms with Gasteiger partial charge in [-0.25, -0.2) is 0 Å². The maximum absolute atomic E-state index is 5.55. The Morgan fingerprint density at radius 3 is 2.42 bits per heavy atom. The average molecular weight is 164 g/mol. The van der Waals surface area contributed by atoms with E-state index in [2.05, 4.69) is 5.32 Å². The first-order valence-corrected chi connectivity index (χ1v) is 4.04. The van der Waals surface area contributed by atoms with Gasteiger partial charge in [-0.1, -0.05) is 0 Å². The molecule has 1 aromatic rings. The lowest BCUT2D eigenvalue weighted by Crippen LogP contribution is -2.40. The fourth-order valence-corrected chi connectivity index (χ4v) is 1.13. The largest absolute Gasteiger partial charge is 0.399 e. The van der Waals surface area contributed by atoms with Crippen LogP contribution in [-0.2, 0) is 4.74 Å². The van der Waals surface area contributed by atoms with Crippen molar-refractivity contribution < 1.29 is 4.74 Å². The Morgan fingerprint density at radius 1 is 1.25 bits per heavy atom. The van der Waals surface area contributed by atoms with Crippen LogP contribution in [0.15, 0.2) is 24.3 Å². The Bertz CT molecular complexity index is 254. The molecule has 0 bridgehead atoms. The molecule has 3 N–H and O–H groups in total. The van der Waals surface area contributed by atoms with Crippen LogP contribution in [0.3, 0.4) is 0 Å². The summed E-state index contributed by atoms with van der Waals surface area (Å²) in [5, 5.41) is 3.32. The molecule has 2 rings (SSSR count). The van der Waals surface area contributed by atoms with E-state index in [1.807, 2.05) is 24.3 Å². The number of nitrogens with two attached hydrogens (primary N) is 1. The van der Waals surface area contributed by atoms with Crippen LogP contribution in [0.4, 0.5) is 11.4 Å². The monoisotopic (exact) mass is 164 g/mol. The summed E-state index contributed by atoms with van der Waals surface area (Å²) in [7, 11) is 0. The highest BCUT2D eigenvalue weighted by Crippen LogP contribution is 2.14. The van der Waals surface area contributed by atoms with Gasteiger partial charge in [-0.15, -0.1) is 0 Å². The predicted octanol–water partition coefficient (Wildman–Crippen LogP) is 1.08. The molecule has 0 unspecified atom stereocenters. The van der Waals surface area contributed by atoms with Gasteiger partial charge in [0.05, 0.1) is 19.3 Å². The number of ether oxygens (including phenoxy) is 1. The van der Waals surface area contributed by atoms with E-state index in [1.54, 1.807) is 0 Å². The molecule has 12 heavy (non-hydrogen) atoms. The van der Waals surface area contributed by atoms with Crippen LogP contribution < -0.4 is 11.1 Å². The molecule has 1 aliphatic heterocycles. The molecule has 3 heteroatoms. The Hall–Kier alpha value is -1.22. The van der Waals surface area contributed by atoms with E-state index in [1.165, 1.54) is 0 Å². The molecular weight excluding hydrogens is 152 g/mol. The summed E-state index contributed by atoms with van der Waals surface area (Å²) in [6.07, 6.45) is 0. The smallest absolute Gasteiger partial charge is 0.0728 e. The summed E-state index contributed by atoms with van der Waals surface area (Å²) in [4.78, 5) is 0. The van der Waals surface area contributed by atoms with Crippen molar-refractivity contribution in [3.8, 4) is 0 Å². The molecule has 0 aliphatic carbocycles. The molecule has 1 heterocycles. The van der Waals surface area contributed by atoms with Crippen LogP contribution in [0.2, 0.25) is 0 Å². The summed E-state index contributed by atoms with van der Waals surface area (Å²) < 4.78 is 5.04. The molecule has 0 aromatic heterocycles. The van der Waals surface area contributed by atoms with Gasteiger partial charge in [0.15, 0.2) is 0 Å². The quantitative estimate of drug-likeness (QED) is 0.643. The Morgan fingerprint density at radius 2 is 1.92 bits per heavy atom. The molecule has 1 fully saturated rings. The minimum Gasteiger partial charge on any atom is -0.399 e. The molecule has 0 spiro atoms. The zero-order valence-electron chi connectivity index (χ0n) is 6.79. The predicted molar refractivity (Wildman–Crippen MR) is 49.1 cm³/mol. The zero-order chi connectivity index (χ0) is 8.39. The number of hydrogen-bond acceptors (Lipinski definition) is 3. The van der Waals surface area contributed by atoms with E-state index in [0.29, 0.717) is 6.04 Å². The van der Waals surface area contributed by atoms with Crippen LogP contribution in [0.1, 0.15) is 0 Å². The molecule has 3 nitrogen and oxygen atoms in total. The molecule has 0 saturated carbocycles. The van der Waals surface area contributed by atoms with E-state index in [9.17, 15) is 0 Å². The molecule has 0 atom stereocenters. The lowest BCUT2D eigenvalue weighted by atomic mass is 10.2. The number of rotatable bonds is 2. The molecule has 0 radical (unpaired) electrons. The Labute approximate surface area is 71.5 Å². The third-order valence-corrected chi connectivity index (χ3v) is 1.92. The van der Waals surface area contributed by atoms with Gasteiger partial charge in [0, 0.05) is 11.4 Å². The van der Waals surface area contributed by atoms with Gasteiger partial charge in [-0.3, -0.25) is 0 Å². The van der Waals surface area contributed by atoms with Gasteiger partial charge in [0.1, 0.15) is 0 Å². The zero-order valence-corrected chi connectivity index (χ0v) is 6.79. The third-order valence-electron chi connectivity index (χ3n) is 1.92. The molecule has 1 aliphatic rings. The normalized spacial score (nSPS) is 17.0. The molecule has 0 amide bonds. The fourth-order valence-electron chi connectivity index (χ4n) is 1.13.